The Balaban J connectivity index is 1.90. The second-order valence-corrected chi connectivity index (χ2v) is 4.94. The van der Waals surface area contributed by atoms with Crippen LogP contribution in [0.4, 0.5) is 15.8 Å². The first-order valence-corrected chi connectivity index (χ1v) is 6.57. The Morgan fingerprint density at radius 1 is 1.25 bits per heavy atom. The van der Waals surface area contributed by atoms with Crippen LogP contribution in [0.15, 0.2) is 46.9 Å². The predicted octanol–water partition coefficient (Wildman–Crippen LogP) is 3.19. The Kier molecular flexibility index (Phi) is 4.57. The maximum absolute atomic E-state index is 12.9. The van der Waals surface area contributed by atoms with Gasteiger partial charge in [0.25, 0.3) is 5.91 Å². The number of carbonyl (C=O) groups excluding carboxylic acids is 1. The van der Waals surface area contributed by atoms with E-state index < -0.39 is 5.82 Å². The molecule has 0 fully saturated rings. The molecule has 0 atom stereocenters. The largest absolute Gasteiger partial charge is 0.484 e. The maximum atomic E-state index is 12.9. The summed E-state index contributed by atoms with van der Waals surface area (Å²) in [6, 6.07) is 10.9. The van der Waals surface area contributed by atoms with Gasteiger partial charge >= 0.3 is 0 Å². The molecule has 2 aromatic rings. The summed E-state index contributed by atoms with van der Waals surface area (Å²) in [5.41, 5.74) is 6.12. The van der Waals surface area contributed by atoms with Crippen LogP contribution in [-0.4, -0.2) is 12.5 Å². The first-order valence-electron chi connectivity index (χ1n) is 5.78. The molecule has 0 aliphatic rings. The van der Waals surface area contributed by atoms with Crippen molar-refractivity contribution in [2.75, 3.05) is 17.7 Å². The first kappa shape index (κ1) is 14.3. The zero-order valence-electron chi connectivity index (χ0n) is 10.4. The molecule has 0 heterocycles. The summed E-state index contributed by atoms with van der Waals surface area (Å²) in [7, 11) is 0. The molecule has 104 valence electrons. The van der Waals surface area contributed by atoms with Gasteiger partial charge < -0.3 is 15.8 Å². The molecule has 0 aliphatic heterocycles. The second-order valence-electron chi connectivity index (χ2n) is 4.02. The summed E-state index contributed by atoms with van der Waals surface area (Å²) in [6.07, 6.45) is 0. The smallest absolute Gasteiger partial charge is 0.262 e. The highest BCUT2D eigenvalue weighted by Crippen LogP contribution is 2.19. The number of hydrogen-bond acceptors (Lipinski definition) is 3. The van der Waals surface area contributed by atoms with E-state index in [1.807, 2.05) is 12.1 Å². The number of carbonyl (C=O) groups is 1. The van der Waals surface area contributed by atoms with E-state index in [1.165, 1.54) is 12.1 Å². The molecule has 20 heavy (non-hydrogen) atoms. The van der Waals surface area contributed by atoms with Gasteiger partial charge in [-0.05, 0) is 42.5 Å². The first-order chi connectivity index (χ1) is 9.54. The summed E-state index contributed by atoms with van der Waals surface area (Å²) in [5, 5.41) is 2.55. The van der Waals surface area contributed by atoms with Crippen LogP contribution >= 0.6 is 15.9 Å². The van der Waals surface area contributed by atoms with Gasteiger partial charge in [0.05, 0.1) is 11.4 Å². The third kappa shape index (κ3) is 3.96. The molecule has 0 spiro atoms. The molecule has 1 amide bonds. The zero-order chi connectivity index (χ0) is 14.5. The van der Waals surface area contributed by atoms with Crippen molar-refractivity contribution in [3.05, 3.63) is 52.8 Å². The molecular weight excluding hydrogens is 327 g/mol. The number of nitrogen functional groups attached to an aromatic ring is 1. The van der Waals surface area contributed by atoms with Gasteiger partial charge in [0, 0.05) is 4.47 Å². The van der Waals surface area contributed by atoms with E-state index in [2.05, 4.69) is 21.2 Å². The van der Waals surface area contributed by atoms with Gasteiger partial charge in [0.1, 0.15) is 11.6 Å². The predicted molar refractivity (Wildman–Crippen MR) is 79.1 cm³/mol. The number of nitrogens with one attached hydrogen (secondary N) is 1. The normalized spacial score (nSPS) is 10.1. The molecule has 0 aliphatic carbocycles. The molecule has 6 heteroatoms. The summed E-state index contributed by atoms with van der Waals surface area (Å²) in [5.74, 6) is -0.242. The van der Waals surface area contributed by atoms with Crippen molar-refractivity contribution in [3.8, 4) is 5.75 Å². The molecule has 0 saturated heterocycles. The van der Waals surface area contributed by atoms with Gasteiger partial charge in [-0.2, -0.15) is 0 Å². The number of amides is 1. The average molecular weight is 339 g/mol. The van der Waals surface area contributed by atoms with Crippen molar-refractivity contribution < 1.29 is 13.9 Å². The number of benzene rings is 2. The number of hydrogen-bond donors (Lipinski definition) is 2. The Bertz CT molecular complexity index is 617. The van der Waals surface area contributed by atoms with Gasteiger partial charge in [0.15, 0.2) is 6.61 Å². The molecule has 4 nitrogen and oxygen atoms in total. The summed E-state index contributed by atoms with van der Waals surface area (Å²) in [4.78, 5) is 11.7. The lowest BCUT2D eigenvalue weighted by atomic mass is 10.2. The second kappa shape index (κ2) is 6.38. The van der Waals surface area contributed by atoms with Crippen LogP contribution in [0.1, 0.15) is 0 Å². The van der Waals surface area contributed by atoms with Crippen molar-refractivity contribution in [1.29, 1.82) is 0 Å². The van der Waals surface area contributed by atoms with Gasteiger partial charge in [-0.25, -0.2) is 4.39 Å². The van der Waals surface area contributed by atoms with E-state index in [0.29, 0.717) is 11.4 Å². The van der Waals surface area contributed by atoms with Gasteiger partial charge in [-0.15, -0.1) is 0 Å². The number of anilines is 2. The molecule has 2 rings (SSSR count). The number of rotatable bonds is 4. The van der Waals surface area contributed by atoms with E-state index in [-0.39, 0.29) is 18.2 Å². The maximum Gasteiger partial charge on any atom is 0.262 e. The molecule has 0 bridgehead atoms. The number of halogens is 2. The molecule has 0 unspecified atom stereocenters. The lowest BCUT2D eigenvalue weighted by Crippen LogP contribution is -2.20. The van der Waals surface area contributed by atoms with Crippen LogP contribution in [0.2, 0.25) is 0 Å². The van der Waals surface area contributed by atoms with E-state index in [1.54, 1.807) is 12.1 Å². The van der Waals surface area contributed by atoms with Crippen molar-refractivity contribution in [2.24, 2.45) is 0 Å². The van der Waals surface area contributed by atoms with Crippen LogP contribution in [0, 0.1) is 5.82 Å². The molecule has 0 radical (unpaired) electrons. The molecule has 0 saturated carbocycles. The molecular formula is C14H12BrFN2O2. The van der Waals surface area contributed by atoms with E-state index >= 15 is 0 Å². The SMILES string of the molecule is Nc1cc(F)ccc1NC(=O)COc1ccc(Br)cc1. The van der Waals surface area contributed by atoms with Crippen molar-refractivity contribution in [3.63, 3.8) is 0 Å². The Hall–Kier alpha value is -2.08. The Morgan fingerprint density at radius 3 is 2.60 bits per heavy atom. The van der Waals surface area contributed by atoms with E-state index in [0.717, 1.165) is 10.5 Å². The minimum atomic E-state index is -0.452. The van der Waals surface area contributed by atoms with Gasteiger partial charge in [-0.1, -0.05) is 15.9 Å². The third-order valence-electron chi connectivity index (χ3n) is 2.47. The highest BCUT2D eigenvalue weighted by Gasteiger charge is 2.07. The van der Waals surface area contributed by atoms with Crippen LogP contribution in [0.3, 0.4) is 0 Å². The van der Waals surface area contributed by atoms with E-state index in [4.69, 9.17) is 10.5 Å². The van der Waals surface area contributed by atoms with Gasteiger partial charge in [0.2, 0.25) is 0 Å². The molecule has 3 N–H and O–H groups in total. The zero-order valence-corrected chi connectivity index (χ0v) is 12.0. The lowest BCUT2D eigenvalue weighted by molar-refractivity contribution is -0.118. The fraction of sp³-hybridized carbons (Fsp3) is 0.0714. The molecule has 0 aromatic heterocycles. The van der Waals surface area contributed by atoms with Crippen LogP contribution in [0.25, 0.3) is 0 Å². The standard InChI is InChI=1S/C14H12BrFN2O2/c15-9-1-4-11(5-2-9)20-8-14(19)18-13-6-3-10(16)7-12(13)17/h1-7H,8,17H2,(H,18,19). The topological polar surface area (TPSA) is 64.3 Å². The van der Waals surface area contributed by atoms with E-state index in [9.17, 15) is 9.18 Å². The minimum Gasteiger partial charge on any atom is -0.484 e. The Morgan fingerprint density at radius 2 is 1.95 bits per heavy atom. The monoisotopic (exact) mass is 338 g/mol. The number of ether oxygens (including phenoxy) is 1. The lowest BCUT2D eigenvalue weighted by Gasteiger charge is -2.09. The summed E-state index contributed by atoms with van der Waals surface area (Å²) >= 11 is 3.30. The van der Waals surface area contributed by atoms with Crippen molar-refractivity contribution in [1.82, 2.24) is 0 Å². The van der Waals surface area contributed by atoms with Gasteiger partial charge in [-0.3, -0.25) is 4.79 Å². The third-order valence-corrected chi connectivity index (χ3v) is 3.00. The van der Waals surface area contributed by atoms with Crippen LogP contribution in [0.5, 0.6) is 5.75 Å². The highest BCUT2D eigenvalue weighted by molar-refractivity contribution is 9.10. The fourth-order valence-corrected chi connectivity index (χ4v) is 1.78. The Labute approximate surface area is 123 Å². The quantitative estimate of drug-likeness (QED) is 0.841. The summed E-state index contributed by atoms with van der Waals surface area (Å²) in [6.45, 7) is -0.154. The van der Waals surface area contributed by atoms with Crippen molar-refractivity contribution in [2.45, 2.75) is 0 Å². The van der Waals surface area contributed by atoms with Crippen LogP contribution in [-0.2, 0) is 4.79 Å². The molecule has 2 aromatic carbocycles. The van der Waals surface area contributed by atoms with Crippen LogP contribution < -0.4 is 15.8 Å². The highest BCUT2D eigenvalue weighted by atomic mass is 79.9. The minimum absolute atomic E-state index is 0.154. The van der Waals surface area contributed by atoms with Crippen molar-refractivity contribution >= 4 is 33.2 Å². The average Bonchev–Trinajstić information content (AvgIpc) is 2.41. The fourth-order valence-electron chi connectivity index (χ4n) is 1.51. The number of nitrogens with two attached hydrogens (primary N) is 1. The summed E-state index contributed by atoms with van der Waals surface area (Å²) < 4.78 is 19.1.